The molecule has 0 bridgehead atoms. The van der Waals surface area contributed by atoms with Crippen molar-refractivity contribution in [3.05, 3.63) is 0 Å². The topological polar surface area (TPSA) is 53.1 Å². The summed E-state index contributed by atoms with van der Waals surface area (Å²) < 4.78 is 0. The van der Waals surface area contributed by atoms with Crippen LogP contribution in [0.1, 0.15) is 58.8 Å². The minimum atomic E-state index is -0.609. The molecule has 0 amide bonds. The first-order chi connectivity index (χ1) is 8.50. The minimum Gasteiger partial charge on any atom is -0.313 e. The summed E-state index contributed by atoms with van der Waals surface area (Å²) in [5.41, 5.74) is 5.39. The van der Waals surface area contributed by atoms with Crippen LogP contribution in [-0.2, 0) is 0 Å². The Bertz CT molecular complexity index is 276. The Kier molecular flexibility index (Phi) is 6.11. The summed E-state index contributed by atoms with van der Waals surface area (Å²) in [5, 5.41) is 9.04. The van der Waals surface area contributed by atoms with E-state index in [-0.39, 0.29) is 0 Å². The van der Waals surface area contributed by atoms with Crippen LogP contribution < -0.4 is 5.73 Å². The number of rotatable bonds is 6. The Hall–Kier alpha value is -0.590. The molecule has 1 fully saturated rings. The Morgan fingerprint density at radius 1 is 1.33 bits per heavy atom. The van der Waals surface area contributed by atoms with E-state index in [9.17, 15) is 0 Å². The molecule has 0 saturated heterocycles. The molecule has 0 spiro atoms. The molecule has 1 rings (SSSR count). The van der Waals surface area contributed by atoms with E-state index in [0.717, 1.165) is 37.8 Å². The van der Waals surface area contributed by atoms with Crippen molar-refractivity contribution in [1.82, 2.24) is 4.90 Å². The lowest BCUT2D eigenvalue weighted by atomic mass is 9.86. The van der Waals surface area contributed by atoms with Crippen molar-refractivity contribution in [3.8, 4) is 6.07 Å². The SMILES string of the molecule is CCC(N)(C#N)CCCN(C)C1CCC(C)CC1. The van der Waals surface area contributed by atoms with Gasteiger partial charge in [-0.1, -0.05) is 13.8 Å². The second-order valence-electron chi connectivity index (χ2n) is 6.12. The van der Waals surface area contributed by atoms with E-state index in [1.807, 2.05) is 6.92 Å². The zero-order valence-electron chi connectivity index (χ0n) is 12.3. The van der Waals surface area contributed by atoms with Crippen LogP contribution in [0.15, 0.2) is 0 Å². The predicted molar refractivity (Wildman–Crippen MR) is 76.1 cm³/mol. The summed E-state index contributed by atoms with van der Waals surface area (Å²) >= 11 is 0. The van der Waals surface area contributed by atoms with Crippen LogP contribution in [0.3, 0.4) is 0 Å². The first kappa shape index (κ1) is 15.5. The van der Waals surface area contributed by atoms with Crippen LogP contribution in [0.25, 0.3) is 0 Å². The first-order valence-corrected chi connectivity index (χ1v) is 7.41. The molecule has 0 aromatic rings. The fraction of sp³-hybridized carbons (Fsp3) is 0.933. The van der Waals surface area contributed by atoms with Gasteiger partial charge in [-0.2, -0.15) is 5.26 Å². The van der Waals surface area contributed by atoms with Crippen LogP contribution in [0.4, 0.5) is 0 Å². The van der Waals surface area contributed by atoms with Crippen molar-refractivity contribution in [2.75, 3.05) is 13.6 Å². The number of nitrogens with two attached hydrogens (primary N) is 1. The van der Waals surface area contributed by atoms with Gasteiger partial charge in [-0.25, -0.2) is 0 Å². The van der Waals surface area contributed by atoms with Gasteiger partial charge in [0.05, 0.1) is 6.07 Å². The summed E-state index contributed by atoms with van der Waals surface area (Å²) in [4.78, 5) is 2.47. The van der Waals surface area contributed by atoms with E-state index < -0.39 is 5.54 Å². The number of nitrogens with zero attached hydrogens (tertiary/aromatic N) is 2. The van der Waals surface area contributed by atoms with E-state index in [2.05, 4.69) is 24.9 Å². The molecule has 1 saturated carbocycles. The molecule has 0 aliphatic heterocycles. The Morgan fingerprint density at radius 2 is 1.94 bits per heavy atom. The summed E-state index contributed by atoms with van der Waals surface area (Å²) in [6.45, 7) is 5.42. The maximum absolute atomic E-state index is 9.04. The fourth-order valence-corrected chi connectivity index (χ4v) is 2.82. The monoisotopic (exact) mass is 251 g/mol. The average Bonchev–Trinajstić information content (AvgIpc) is 2.39. The zero-order chi connectivity index (χ0) is 13.6. The van der Waals surface area contributed by atoms with Gasteiger partial charge < -0.3 is 10.6 Å². The van der Waals surface area contributed by atoms with E-state index >= 15 is 0 Å². The molecule has 104 valence electrons. The zero-order valence-corrected chi connectivity index (χ0v) is 12.3. The molecule has 18 heavy (non-hydrogen) atoms. The molecule has 0 aromatic carbocycles. The minimum absolute atomic E-state index is 0.609. The lowest BCUT2D eigenvalue weighted by Crippen LogP contribution is -2.39. The third kappa shape index (κ3) is 4.59. The predicted octanol–water partition coefficient (Wildman–Crippen LogP) is 2.91. The maximum atomic E-state index is 9.04. The Morgan fingerprint density at radius 3 is 2.44 bits per heavy atom. The van der Waals surface area contributed by atoms with Crippen molar-refractivity contribution in [2.45, 2.75) is 70.4 Å². The molecule has 0 aromatic heterocycles. The largest absolute Gasteiger partial charge is 0.313 e. The highest BCUT2D eigenvalue weighted by Crippen LogP contribution is 2.26. The highest BCUT2D eigenvalue weighted by molar-refractivity contribution is 5.03. The van der Waals surface area contributed by atoms with Gasteiger partial charge in [0, 0.05) is 6.04 Å². The van der Waals surface area contributed by atoms with Gasteiger partial charge in [0.1, 0.15) is 5.54 Å². The summed E-state index contributed by atoms with van der Waals surface area (Å²) in [6, 6.07) is 2.99. The lowest BCUT2D eigenvalue weighted by molar-refractivity contribution is 0.165. The molecule has 1 aliphatic rings. The number of hydrogen-bond donors (Lipinski definition) is 1. The molecule has 0 heterocycles. The van der Waals surface area contributed by atoms with Crippen LogP contribution in [0, 0.1) is 17.2 Å². The molecular weight excluding hydrogens is 222 g/mol. The molecular formula is C15H29N3. The van der Waals surface area contributed by atoms with E-state index in [0.29, 0.717) is 0 Å². The van der Waals surface area contributed by atoms with Gasteiger partial charge in [0.25, 0.3) is 0 Å². The second-order valence-corrected chi connectivity index (χ2v) is 6.12. The Labute approximate surface area is 112 Å². The number of nitriles is 1. The van der Waals surface area contributed by atoms with E-state index in [1.54, 1.807) is 0 Å². The smallest absolute Gasteiger partial charge is 0.104 e. The maximum Gasteiger partial charge on any atom is 0.104 e. The van der Waals surface area contributed by atoms with E-state index in [4.69, 9.17) is 11.0 Å². The van der Waals surface area contributed by atoms with Crippen molar-refractivity contribution in [3.63, 3.8) is 0 Å². The van der Waals surface area contributed by atoms with Gasteiger partial charge in [0.2, 0.25) is 0 Å². The third-order valence-electron chi connectivity index (χ3n) is 4.60. The van der Waals surface area contributed by atoms with E-state index in [1.165, 1.54) is 25.7 Å². The molecule has 1 unspecified atom stereocenters. The normalized spacial score (nSPS) is 27.8. The van der Waals surface area contributed by atoms with Gasteiger partial charge in [-0.15, -0.1) is 0 Å². The molecule has 2 N–H and O–H groups in total. The second kappa shape index (κ2) is 7.11. The van der Waals surface area contributed by atoms with Gasteiger partial charge in [-0.05, 0) is 64.5 Å². The van der Waals surface area contributed by atoms with Crippen molar-refractivity contribution < 1.29 is 0 Å². The van der Waals surface area contributed by atoms with Crippen LogP contribution in [0.2, 0.25) is 0 Å². The highest BCUT2D eigenvalue weighted by Gasteiger charge is 2.24. The van der Waals surface area contributed by atoms with Crippen molar-refractivity contribution in [2.24, 2.45) is 11.7 Å². The van der Waals surface area contributed by atoms with Crippen LogP contribution in [-0.4, -0.2) is 30.1 Å². The molecule has 1 aliphatic carbocycles. The standard InChI is InChI=1S/C15H29N3/c1-4-15(17,12-16)10-5-11-18(3)14-8-6-13(2)7-9-14/h13-14H,4-11,17H2,1-3H3. The van der Waals surface area contributed by atoms with Gasteiger partial charge in [0.15, 0.2) is 0 Å². The molecule has 3 nitrogen and oxygen atoms in total. The summed E-state index contributed by atoms with van der Waals surface area (Å²) in [5.74, 6) is 0.907. The van der Waals surface area contributed by atoms with Crippen LogP contribution in [0.5, 0.6) is 0 Å². The average molecular weight is 251 g/mol. The van der Waals surface area contributed by atoms with Crippen LogP contribution >= 0.6 is 0 Å². The fourth-order valence-electron chi connectivity index (χ4n) is 2.82. The number of hydrogen-bond acceptors (Lipinski definition) is 3. The summed E-state index contributed by atoms with van der Waals surface area (Å²) in [7, 11) is 2.22. The molecule has 3 heteroatoms. The first-order valence-electron chi connectivity index (χ1n) is 7.41. The lowest BCUT2D eigenvalue weighted by Gasteiger charge is -2.34. The quantitative estimate of drug-likeness (QED) is 0.789. The molecule has 0 radical (unpaired) electrons. The van der Waals surface area contributed by atoms with Gasteiger partial charge >= 0.3 is 0 Å². The summed E-state index contributed by atoms with van der Waals surface area (Å²) in [6.07, 6.45) is 7.98. The van der Waals surface area contributed by atoms with Crippen molar-refractivity contribution in [1.29, 1.82) is 5.26 Å². The third-order valence-corrected chi connectivity index (χ3v) is 4.60. The Balaban J connectivity index is 2.25. The van der Waals surface area contributed by atoms with Gasteiger partial charge in [-0.3, -0.25) is 0 Å². The molecule has 1 atom stereocenters. The highest BCUT2D eigenvalue weighted by atomic mass is 15.1. The van der Waals surface area contributed by atoms with Crippen molar-refractivity contribution >= 4 is 0 Å².